The lowest BCUT2D eigenvalue weighted by atomic mass is 9.96. The molecule has 0 saturated heterocycles. The van der Waals surface area contributed by atoms with Crippen LogP contribution in [0.25, 0.3) is 0 Å². The molecule has 0 aromatic heterocycles. The second-order valence-corrected chi connectivity index (χ2v) is 4.27. The van der Waals surface area contributed by atoms with E-state index in [0.717, 1.165) is 12.8 Å². The Morgan fingerprint density at radius 3 is 2.67 bits per heavy atom. The van der Waals surface area contributed by atoms with Crippen LogP contribution in [0.2, 0.25) is 5.02 Å². The number of aliphatic hydroxyl groups is 1. The molecule has 0 unspecified atom stereocenters. The van der Waals surface area contributed by atoms with Gasteiger partial charge in [-0.05, 0) is 24.5 Å². The number of nitrogens with zero attached hydrogens (tertiary/aromatic N) is 1. The highest BCUT2D eigenvalue weighted by atomic mass is 35.5. The smallest absolute Gasteiger partial charge is 0.269 e. The van der Waals surface area contributed by atoms with Gasteiger partial charge in [0.05, 0.1) is 11.5 Å². The maximum Gasteiger partial charge on any atom is 0.269 e. The molecule has 2 rings (SSSR count). The van der Waals surface area contributed by atoms with Crippen molar-refractivity contribution in [1.29, 1.82) is 0 Å². The summed E-state index contributed by atoms with van der Waals surface area (Å²) in [6.45, 7) is -0.00606. The molecule has 0 aliphatic heterocycles. The molecular formula is C10H10ClNO3. The number of nitro benzene ring substituents is 1. The first-order valence-corrected chi connectivity index (χ1v) is 5.02. The van der Waals surface area contributed by atoms with E-state index in [9.17, 15) is 15.2 Å². The van der Waals surface area contributed by atoms with Gasteiger partial charge in [-0.15, -0.1) is 0 Å². The van der Waals surface area contributed by atoms with Crippen LogP contribution in [0.1, 0.15) is 18.4 Å². The number of aliphatic hydroxyl groups excluding tert-OH is 1. The fraction of sp³-hybridized carbons (Fsp3) is 0.400. The van der Waals surface area contributed by atoms with E-state index >= 15 is 0 Å². The van der Waals surface area contributed by atoms with Crippen molar-refractivity contribution < 1.29 is 10.0 Å². The zero-order chi connectivity index (χ0) is 11.1. The molecule has 1 aliphatic rings. The summed E-state index contributed by atoms with van der Waals surface area (Å²) in [4.78, 5) is 10.1. The van der Waals surface area contributed by atoms with E-state index in [4.69, 9.17) is 11.6 Å². The summed E-state index contributed by atoms with van der Waals surface area (Å²) in [6.07, 6.45) is 1.68. The van der Waals surface area contributed by atoms with E-state index in [1.54, 1.807) is 0 Å². The van der Waals surface area contributed by atoms with Crippen LogP contribution < -0.4 is 0 Å². The molecule has 1 N–H and O–H groups in total. The lowest BCUT2D eigenvalue weighted by Crippen LogP contribution is -2.12. The summed E-state index contributed by atoms with van der Waals surface area (Å²) in [7, 11) is 0. The number of halogens is 1. The highest BCUT2D eigenvalue weighted by Crippen LogP contribution is 2.50. The molecule has 80 valence electrons. The number of rotatable bonds is 3. The Kier molecular flexibility index (Phi) is 2.40. The van der Waals surface area contributed by atoms with Crippen molar-refractivity contribution in [2.75, 3.05) is 6.61 Å². The van der Waals surface area contributed by atoms with Gasteiger partial charge in [-0.1, -0.05) is 11.6 Å². The summed E-state index contributed by atoms with van der Waals surface area (Å²) in [5.41, 5.74) is 0.387. The first-order chi connectivity index (χ1) is 7.09. The molecule has 0 heterocycles. The second-order valence-electron chi connectivity index (χ2n) is 3.86. The molecule has 1 fully saturated rings. The SMILES string of the molecule is O=[N+]([O-])c1ccc(Cl)c(C2(CO)CC2)c1. The minimum atomic E-state index is -0.451. The van der Waals surface area contributed by atoms with E-state index in [1.807, 2.05) is 0 Å². The molecular weight excluding hydrogens is 218 g/mol. The lowest BCUT2D eigenvalue weighted by Gasteiger charge is -2.13. The maximum atomic E-state index is 10.6. The van der Waals surface area contributed by atoms with Crippen molar-refractivity contribution in [2.45, 2.75) is 18.3 Å². The van der Waals surface area contributed by atoms with Crippen LogP contribution in [0.5, 0.6) is 0 Å². The Labute approximate surface area is 91.6 Å². The Morgan fingerprint density at radius 1 is 1.53 bits per heavy atom. The third-order valence-corrected chi connectivity index (χ3v) is 3.22. The predicted molar refractivity (Wildman–Crippen MR) is 56.1 cm³/mol. The first-order valence-electron chi connectivity index (χ1n) is 4.64. The number of hydrogen-bond donors (Lipinski definition) is 1. The molecule has 4 nitrogen and oxygen atoms in total. The molecule has 1 aromatic rings. The Morgan fingerprint density at radius 2 is 2.20 bits per heavy atom. The van der Waals surface area contributed by atoms with Gasteiger partial charge in [0.25, 0.3) is 5.69 Å². The van der Waals surface area contributed by atoms with Crippen molar-refractivity contribution in [1.82, 2.24) is 0 Å². The number of nitro groups is 1. The van der Waals surface area contributed by atoms with Gasteiger partial charge in [-0.3, -0.25) is 10.1 Å². The van der Waals surface area contributed by atoms with Gasteiger partial charge in [0.2, 0.25) is 0 Å². The van der Waals surface area contributed by atoms with Gasteiger partial charge in [-0.25, -0.2) is 0 Å². The molecule has 1 saturated carbocycles. The van der Waals surface area contributed by atoms with Crippen molar-refractivity contribution in [3.8, 4) is 0 Å². The van der Waals surface area contributed by atoms with E-state index in [2.05, 4.69) is 0 Å². The van der Waals surface area contributed by atoms with Crippen LogP contribution in [0.4, 0.5) is 5.69 Å². The normalized spacial score (nSPS) is 17.5. The summed E-state index contributed by atoms with van der Waals surface area (Å²) >= 11 is 5.97. The van der Waals surface area contributed by atoms with Gasteiger partial charge >= 0.3 is 0 Å². The third-order valence-electron chi connectivity index (χ3n) is 2.89. The average molecular weight is 228 g/mol. The minimum Gasteiger partial charge on any atom is -0.395 e. The fourth-order valence-corrected chi connectivity index (χ4v) is 2.01. The van der Waals surface area contributed by atoms with Gasteiger partial charge in [0.15, 0.2) is 0 Å². The molecule has 15 heavy (non-hydrogen) atoms. The standard InChI is InChI=1S/C10H10ClNO3/c11-9-2-1-7(12(14)15)5-8(9)10(6-13)3-4-10/h1-2,5,13H,3-4,6H2. The van der Waals surface area contributed by atoms with E-state index in [-0.39, 0.29) is 17.7 Å². The van der Waals surface area contributed by atoms with E-state index in [1.165, 1.54) is 18.2 Å². The van der Waals surface area contributed by atoms with Gasteiger partial charge in [0, 0.05) is 22.6 Å². The lowest BCUT2D eigenvalue weighted by molar-refractivity contribution is -0.384. The number of benzene rings is 1. The molecule has 1 aromatic carbocycles. The van der Waals surface area contributed by atoms with Crippen LogP contribution in [0, 0.1) is 10.1 Å². The highest BCUT2D eigenvalue weighted by Gasteiger charge is 2.45. The van der Waals surface area contributed by atoms with Crippen molar-refractivity contribution >= 4 is 17.3 Å². The molecule has 0 atom stereocenters. The minimum absolute atomic E-state index is 0.00606. The molecule has 0 radical (unpaired) electrons. The molecule has 0 amide bonds. The molecule has 1 aliphatic carbocycles. The van der Waals surface area contributed by atoms with E-state index < -0.39 is 4.92 Å². The van der Waals surface area contributed by atoms with Crippen molar-refractivity contribution in [2.24, 2.45) is 0 Å². The third kappa shape index (κ3) is 1.70. The predicted octanol–water partition coefficient (Wildman–Crippen LogP) is 2.27. The zero-order valence-electron chi connectivity index (χ0n) is 7.94. The Bertz CT molecular complexity index is 415. The quantitative estimate of drug-likeness (QED) is 0.636. The number of hydrogen-bond acceptors (Lipinski definition) is 3. The van der Waals surface area contributed by atoms with Gasteiger partial charge in [0.1, 0.15) is 0 Å². The van der Waals surface area contributed by atoms with Crippen molar-refractivity contribution in [3.63, 3.8) is 0 Å². The summed E-state index contributed by atoms with van der Waals surface area (Å²) < 4.78 is 0. The maximum absolute atomic E-state index is 10.6. The van der Waals surface area contributed by atoms with Crippen LogP contribution in [0.3, 0.4) is 0 Å². The zero-order valence-corrected chi connectivity index (χ0v) is 8.70. The van der Waals surface area contributed by atoms with Crippen molar-refractivity contribution in [3.05, 3.63) is 38.9 Å². The summed E-state index contributed by atoms with van der Waals surface area (Å²) in [6, 6.07) is 4.36. The Balaban J connectivity index is 2.46. The van der Waals surface area contributed by atoms with Crippen LogP contribution >= 0.6 is 11.6 Å². The average Bonchev–Trinajstić information content (AvgIpc) is 2.99. The molecule has 0 spiro atoms. The molecule has 0 bridgehead atoms. The van der Waals surface area contributed by atoms with Gasteiger partial charge < -0.3 is 5.11 Å². The fourth-order valence-electron chi connectivity index (χ4n) is 1.70. The van der Waals surface area contributed by atoms with Crippen LogP contribution in [-0.2, 0) is 5.41 Å². The Hall–Kier alpha value is -1.13. The second kappa shape index (κ2) is 3.47. The highest BCUT2D eigenvalue weighted by molar-refractivity contribution is 6.31. The van der Waals surface area contributed by atoms with E-state index in [0.29, 0.717) is 10.6 Å². The first kappa shape index (κ1) is 10.4. The molecule has 5 heteroatoms. The summed E-state index contributed by atoms with van der Waals surface area (Å²) in [5, 5.41) is 20.3. The topological polar surface area (TPSA) is 63.4 Å². The largest absolute Gasteiger partial charge is 0.395 e. The van der Waals surface area contributed by atoms with Crippen LogP contribution in [0.15, 0.2) is 18.2 Å². The van der Waals surface area contributed by atoms with Gasteiger partial charge in [-0.2, -0.15) is 0 Å². The summed E-state index contributed by atoms with van der Waals surface area (Å²) in [5.74, 6) is 0. The number of non-ortho nitro benzene ring substituents is 1. The van der Waals surface area contributed by atoms with Crippen LogP contribution in [-0.4, -0.2) is 16.6 Å². The monoisotopic (exact) mass is 227 g/mol.